The maximum Gasteiger partial charge on any atom is 0.260 e. The van der Waals surface area contributed by atoms with Gasteiger partial charge in [-0.25, -0.2) is 4.39 Å². The Kier molecular flexibility index (Phi) is 6.26. The summed E-state index contributed by atoms with van der Waals surface area (Å²) < 4.78 is 24.0. The first-order valence-corrected chi connectivity index (χ1v) is 10.0. The van der Waals surface area contributed by atoms with Crippen LogP contribution in [0.15, 0.2) is 60.7 Å². The predicted molar refractivity (Wildman–Crippen MR) is 115 cm³/mol. The van der Waals surface area contributed by atoms with Gasteiger partial charge in [-0.2, -0.15) is 0 Å². The van der Waals surface area contributed by atoms with E-state index in [9.17, 15) is 9.18 Å². The van der Waals surface area contributed by atoms with E-state index in [4.69, 9.17) is 9.47 Å². The monoisotopic (exact) mass is 422 g/mol. The van der Waals surface area contributed by atoms with Crippen LogP contribution in [0, 0.1) is 5.82 Å². The third-order valence-electron chi connectivity index (χ3n) is 5.15. The lowest BCUT2D eigenvalue weighted by molar-refractivity contribution is -0.133. The summed E-state index contributed by atoms with van der Waals surface area (Å²) in [7, 11) is 1.63. The Balaban J connectivity index is 1.31. The molecule has 1 aliphatic rings. The molecule has 4 rings (SSSR count). The molecule has 0 aliphatic carbocycles. The molecule has 0 N–H and O–H groups in total. The molecule has 31 heavy (non-hydrogen) atoms. The average molecular weight is 422 g/mol. The third-order valence-corrected chi connectivity index (χ3v) is 5.15. The van der Waals surface area contributed by atoms with Crippen molar-refractivity contribution >= 4 is 11.7 Å². The molecule has 2 heterocycles. The molecular weight excluding hydrogens is 399 g/mol. The molecule has 3 aromatic rings. The van der Waals surface area contributed by atoms with Crippen molar-refractivity contribution in [2.24, 2.45) is 0 Å². The van der Waals surface area contributed by atoms with Crippen LogP contribution in [0.4, 0.5) is 10.2 Å². The Morgan fingerprint density at radius 1 is 1.00 bits per heavy atom. The van der Waals surface area contributed by atoms with Crippen LogP contribution in [0.3, 0.4) is 0 Å². The molecule has 0 unspecified atom stereocenters. The number of methoxy groups -OCH3 is 1. The number of para-hydroxylation sites is 1. The molecule has 2 aromatic carbocycles. The van der Waals surface area contributed by atoms with Crippen LogP contribution >= 0.6 is 0 Å². The van der Waals surface area contributed by atoms with E-state index in [1.54, 1.807) is 24.1 Å². The second-order valence-electron chi connectivity index (χ2n) is 7.09. The summed E-state index contributed by atoms with van der Waals surface area (Å²) in [5.41, 5.74) is 1.63. The number of piperazine rings is 1. The average Bonchev–Trinajstić information content (AvgIpc) is 2.83. The molecular formula is C23H23FN4O3. The van der Waals surface area contributed by atoms with Crippen LogP contribution in [0.25, 0.3) is 11.3 Å². The molecule has 7 nitrogen and oxygen atoms in total. The molecule has 8 heteroatoms. The summed E-state index contributed by atoms with van der Waals surface area (Å²) in [5.74, 6) is 1.34. The summed E-state index contributed by atoms with van der Waals surface area (Å²) in [6.45, 7) is 2.29. The third kappa shape index (κ3) is 4.91. The largest absolute Gasteiger partial charge is 0.496 e. The first kappa shape index (κ1) is 20.6. The van der Waals surface area contributed by atoms with Crippen molar-refractivity contribution in [2.45, 2.75) is 0 Å². The molecule has 1 aliphatic heterocycles. The number of benzene rings is 2. The van der Waals surface area contributed by atoms with E-state index in [0.29, 0.717) is 31.9 Å². The molecule has 1 fully saturated rings. The number of hydrogen-bond acceptors (Lipinski definition) is 6. The summed E-state index contributed by atoms with van der Waals surface area (Å²) in [6, 6.07) is 17.3. The fourth-order valence-corrected chi connectivity index (χ4v) is 3.47. The lowest BCUT2D eigenvalue weighted by Gasteiger charge is -2.35. The van der Waals surface area contributed by atoms with E-state index in [1.165, 1.54) is 12.1 Å². The Morgan fingerprint density at radius 3 is 2.52 bits per heavy atom. The second kappa shape index (κ2) is 9.42. The molecule has 0 radical (unpaired) electrons. The zero-order chi connectivity index (χ0) is 21.6. The predicted octanol–water partition coefficient (Wildman–Crippen LogP) is 3.02. The Bertz CT molecular complexity index is 1040. The molecule has 1 aromatic heterocycles. The maximum atomic E-state index is 13.2. The van der Waals surface area contributed by atoms with Gasteiger partial charge in [0.25, 0.3) is 5.91 Å². The highest BCUT2D eigenvalue weighted by molar-refractivity contribution is 5.78. The highest BCUT2D eigenvalue weighted by atomic mass is 19.1. The smallest absolute Gasteiger partial charge is 0.260 e. The van der Waals surface area contributed by atoms with E-state index in [2.05, 4.69) is 15.1 Å². The number of aromatic nitrogens is 2. The van der Waals surface area contributed by atoms with E-state index < -0.39 is 5.82 Å². The van der Waals surface area contributed by atoms with Gasteiger partial charge in [-0.15, -0.1) is 10.2 Å². The van der Waals surface area contributed by atoms with Crippen molar-refractivity contribution in [1.29, 1.82) is 0 Å². The van der Waals surface area contributed by atoms with Crippen LogP contribution in [0.5, 0.6) is 11.5 Å². The second-order valence-corrected chi connectivity index (χ2v) is 7.09. The summed E-state index contributed by atoms with van der Waals surface area (Å²) >= 11 is 0. The van der Waals surface area contributed by atoms with Gasteiger partial charge < -0.3 is 19.3 Å². The summed E-state index contributed by atoms with van der Waals surface area (Å²) in [6.07, 6.45) is 0. The van der Waals surface area contributed by atoms with Crippen LogP contribution in [-0.2, 0) is 4.79 Å². The minimum atomic E-state index is -0.392. The van der Waals surface area contributed by atoms with Crippen LogP contribution in [-0.4, -0.2) is 60.9 Å². The van der Waals surface area contributed by atoms with E-state index in [1.807, 2.05) is 36.4 Å². The fraction of sp³-hybridized carbons (Fsp3) is 0.261. The summed E-state index contributed by atoms with van der Waals surface area (Å²) in [5, 5.41) is 8.72. The minimum absolute atomic E-state index is 0.114. The molecule has 1 amide bonds. The first-order valence-electron chi connectivity index (χ1n) is 10.0. The first-order chi connectivity index (χ1) is 15.1. The highest BCUT2D eigenvalue weighted by Gasteiger charge is 2.22. The van der Waals surface area contributed by atoms with Crippen LogP contribution in [0.2, 0.25) is 0 Å². The number of carbonyl (C=O) groups excluding carboxylic acids is 1. The Hall–Kier alpha value is -3.68. The number of halogens is 1. The standard InChI is InChI=1S/C23H23FN4O3/c1-30-21-8-3-2-7-19(21)20-9-10-22(26-25-20)27-11-13-28(14-12-27)23(29)16-31-18-6-4-5-17(24)15-18/h2-10,15H,11-14,16H2,1H3. The van der Waals surface area contributed by atoms with Crippen LogP contribution < -0.4 is 14.4 Å². The van der Waals surface area contributed by atoms with Gasteiger partial charge in [0, 0.05) is 37.8 Å². The SMILES string of the molecule is COc1ccccc1-c1ccc(N2CCN(C(=O)COc3cccc(F)c3)CC2)nn1. The van der Waals surface area contributed by atoms with E-state index in [0.717, 1.165) is 22.8 Å². The van der Waals surface area contributed by atoms with E-state index in [-0.39, 0.29) is 12.5 Å². The number of anilines is 1. The topological polar surface area (TPSA) is 67.8 Å². The zero-order valence-corrected chi connectivity index (χ0v) is 17.2. The molecule has 0 bridgehead atoms. The van der Waals surface area contributed by atoms with Gasteiger partial charge in [0.15, 0.2) is 12.4 Å². The van der Waals surface area contributed by atoms with Crippen molar-refractivity contribution in [3.8, 4) is 22.8 Å². The molecule has 1 saturated heterocycles. The van der Waals surface area contributed by atoms with Crippen molar-refractivity contribution in [2.75, 3.05) is 44.8 Å². The number of hydrogen-bond donors (Lipinski definition) is 0. The molecule has 0 atom stereocenters. The number of ether oxygens (including phenoxy) is 2. The van der Waals surface area contributed by atoms with Gasteiger partial charge >= 0.3 is 0 Å². The van der Waals surface area contributed by atoms with Crippen molar-refractivity contribution in [3.05, 3.63) is 66.5 Å². The Labute approximate surface area is 180 Å². The lowest BCUT2D eigenvalue weighted by Crippen LogP contribution is -2.50. The Morgan fingerprint density at radius 2 is 1.81 bits per heavy atom. The molecule has 0 spiro atoms. The van der Waals surface area contributed by atoms with Gasteiger partial charge in [-0.3, -0.25) is 4.79 Å². The zero-order valence-electron chi connectivity index (χ0n) is 17.2. The van der Waals surface area contributed by atoms with Crippen molar-refractivity contribution in [3.63, 3.8) is 0 Å². The number of carbonyl (C=O) groups is 1. The van der Waals surface area contributed by atoms with Crippen molar-refractivity contribution < 1.29 is 18.7 Å². The maximum absolute atomic E-state index is 13.2. The van der Waals surface area contributed by atoms with E-state index >= 15 is 0 Å². The van der Waals surface area contributed by atoms with Crippen molar-refractivity contribution in [1.82, 2.24) is 15.1 Å². The fourth-order valence-electron chi connectivity index (χ4n) is 3.47. The quantitative estimate of drug-likeness (QED) is 0.608. The lowest BCUT2D eigenvalue weighted by atomic mass is 10.1. The van der Waals surface area contributed by atoms with Crippen LogP contribution in [0.1, 0.15) is 0 Å². The summed E-state index contributed by atoms with van der Waals surface area (Å²) in [4.78, 5) is 16.2. The van der Waals surface area contributed by atoms with Gasteiger partial charge in [0.05, 0.1) is 12.8 Å². The van der Waals surface area contributed by atoms with Gasteiger partial charge in [-0.05, 0) is 36.4 Å². The minimum Gasteiger partial charge on any atom is -0.496 e. The molecule has 0 saturated carbocycles. The van der Waals surface area contributed by atoms with Gasteiger partial charge in [-0.1, -0.05) is 18.2 Å². The van der Waals surface area contributed by atoms with Gasteiger partial charge in [0.1, 0.15) is 17.3 Å². The number of nitrogens with zero attached hydrogens (tertiary/aromatic N) is 4. The number of amides is 1. The normalized spacial score (nSPS) is 13.7. The van der Waals surface area contributed by atoms with Gasteiger partial charge in [0.2, 0.25) is 0 Å². The molecule has 160 valence electrons. The highest BCUT2D eigenvalue weighted by Crippen LogP contribution is 2.28. The number of rotatable bonds is 6.